The first kappa shape index (κ1) is 22.5. The van der Waals surface area contributed by atoms with E-state index < -0.39 is 5.41 Å². The molecule has 2 aromatic carbocycles. The second-order valence-corrected chi connectivity index (χ2v) is 9.72. The van der Waals surface area contributed by atoms with E-state index >= 15 is 0 Å². The van der Waals surface area contributed by atoms with Crippen LogP contribution in [0.2, 0.25) is 0 Å². The van der Waals surface area contributed by atoms with E-state index in [1.165, 1.54) is 11.8 Å². The summed E-state index contributed by atoms with van der Waals surface area (Å²) in [5.74, 6) is 1.33. The lowest BCUT2D eigenvalue weighted by Gasteiger charge is -2.17. The van der Waals surface area contributed by atoms with E-state index in [1.807, 2.05) is 94.4 Å². The molecular formula is C25H26N6OS. The number of anilines is 3. The van der Waals surface area contributed by atoms with Gasteiger partial charge in [-0.1, -0.05) is 51.1 Å². The number of benzene rings is 2. The Hall–Kier alpha value is -3.65. The molecule has 3 N–H and O–H groups in total. The Morgan fingerprint density at radius 3 is 2.30 bits per heavy atom. The van der Waals surface area contributed by atoms with Crippen LogP contribution in [0.4, 0.5) is 17.3 Å². The van der Waals surface area contributed by atoms with Gasteiger partial charge in [0, 0.05) is 39.4 Å². The van der Waals surface area contributed by atoms with Gasteiger partial charge in [0.05, 0.1) is 5.69 Å². The van der Waals surface area contributed by atoms with Crippen LogP contribution in [0.1, 0.15) is 26.5 Å². The van der Waals surface area contributed by atoms with Gasteiger partial charge in [-0.15, -0.1) is 0 Å². The normalized spacial score (nSPS) is 11.3. The van der Waals surface area contributed by atoms with E-state index in [-0.39, 0.29) is 5.91 Å². The molecule has 0 unspecified atom stereocenters. The zero-order valence-electron chi connectivity index (χ0n) is 19.0. The third kappa shape index (κ3) is 5.98. The molecular weight excluding hydrogens is 432 g/mol. The SMILES string of the molecule is Cc1cc(Nc2cc(-c3ccccc3)nc(Sc3ccc(NC(=O)C(C)(C)C)cc3)n2)n[nH]1. The lowest BCUT2D eigenvalue weighted by molar-refractivity contribution is -0.123. The average molecular weight is 459 g/mol. The second-order valence-electron chi connectivity index (χ2n) is 8.68. The summed E-state index contributed by atoms with van der Waals surface area (Å²) in [6.45, 7) is 7.61. The highest BCUT2D eigenvalue weighted by atomic mass is 32.2. The summed E-state index contributed by atoms with van der Waals surface area (Å²) < 4.78 is 0. The van der Waals surface area contributed by atoms with E-state index in [4.69, 9.17) is 4.98 Å². The lowest BCUT2D eigenvalue weighted by atomic mass is 9.95. The smallest absolute Gasteiger partial charge is 0.229 e. The van der Waals surface area contributed by atoms with Crippen molar-refractivity contribution in [2.24, 2.45) is 5.41 Å². The van der Waals surface area contributed by atoms with Crippen LogP contribution in [0, 0.1) is 12.3 Å². The number of H-pyrrole nitrogens is 1. The minimum Gasteiger partial charge on any atom is -0.326 e. The van der Waals surface area contributed by atoms with E-state index in [9.17, 15) is 4.79 Å². The molecule has 2 aromatic heterocycles. The fourth-order valence-electron chi connectivity index (χ4n) is 2.94. The van der Waals surface area contributed by atoms with Crippen molar-refractivity contribution in [3.05, 3.63) is 72.4 Å². The molecule has 0 aliphatic heterocycles. The first-order chi connectivity index (χ1) is 15.8. The van der Waals surface area contributed by atoms with Crippen LogP contribution in [0.3, 0.4) is 0 Å². The highest BCUT2D eigenvalue weighted by molar-refractivity contribution is 7.99. The Labute approximate surface area is 197 Å². The molecule has 2 heterocycles. The predicted molar refractivity (Wildman–Crippen MR) is 133 cm³/mol. The number of nitrogens with one attached hydrogen (secondary N) is 3. The number of aromatic nitrogens is 4. The van der Waals surface area contributed by atoms with Crippen LogP contribution in [-0.2, 0) is 4.79 Å². The largest absolute Gasteiger partial charge is 0.326 e. The molecule has 168 valence electrons. The summed E-state index contributed by atoms with van der Waals surface area (Å²) in [7, 11) is 0. The van der Waals surface area contributed by atoms with Gasteiger partial charge in [-0.3, -0.25) is 9.89 Å². The van der Waals surface area contributed by atoms with Gasteiger partial charge in [0.15, 0.2) is 11.0 Å². The summed E-state index contributed by atoms with van der Waals surface area (Å²) in [5.41, 5.74) is 3.09. The van der Waals surface area contributed by atoms with Gasteiger partial charge in [-0.2, -0.15) is 5.10 Å². The molecule has 0 radical (unpaired) electrons. The summed E-state index contributed by atoms with van der Waals surface area (Å²) in [6.07, 6.45) is 0. The standard InChI is InChI=1S/C25H26N6OS/c1-16-14-22(31-30-16)28-21-15-20(17-8-6-5-7-9-17)27-24(29-21)33-19-12-10-18(11-13-19)26-23(32)25(2,3)4/h5-15H,1-4H3,(H,26,32)(H2,27,28,29,30,31). The third-order valence-corrected chi connectivity index (χ3v) is 5.61. The Kier molecular flexibility index (Phi) is 6.46. The minimum absolute atomic E-state index is 0.0221. The van der Waals surface area contributed by atoms with Crippen molar-refractivity contribution < 1.29 is 4.79 Å². The van der Waals surface area contributed by atoms with Gasteiger partial charge in [0.1, 0.15) is 5.82 Å². The summed E-state index contributed by atoms with van der Waals surface area (Å²) in [6, 6.07) is 21.5. The van der Waals surface area contributed by atoms with Crippen LogP contribution in [0.25, 0.3) is 11.3 Å². The third-order valence-electron chi connectivity index (χ3n) is 4.74. The zero-order chi connectivity index (χ0) is 23.4. The average Bonchev–Trinajstić information content (AvgIpc) is 3.19. The molecule has 4 rings (SSSR count). The maximum absolute atomic E-state index is 12.2. The molecule has 33 heavy (non-hydrogen) atoms. The molecule has 0 bridgehead atoms. The molecule has 4 aromatic rings. The number of rotatable bonds is 6. The Morgan fingerprint density at radius 2 is 1.67 bits per heavy atom. The Bertz CT molecular complexity index is 1250. The first-order valence-electron chi connectivity index (χ1n) is 10.6. The fourth-order valence-corrected chi connectivity index (χ4v) is 3.71. The molecule has 1 amide bonds. The topological polar surface area (TPSA) is 95.6 Å². The van der Waals surface area contributed by atoms with Gasteiger partial charge in [0.2, 0.25) is 5.91 Å². The molecule has 0 aliphatic rings. The van der Waals surface area contributed by atoms with Crippen molar-refractivity contribution in [3.63, 3.8) is 0 Å². The molecule has 0 saturated carbocycles. The predicted octanol–water partition coefficient (Wildman–Crippen LogP) is 6.05. The molecule has 7 nitrogen and oxygen atoms in total. The van der Waals surface area contributed by atoms with Gasteiger partial charge >= 0.3 is 0 Å². The van der Waals surface area contributed by atoms with Crippen molar-refractivity contribution >= 4 is 35.0 Å². The fraction of sp³-hybridized carbons (Fsp3) is 0.200. The van der Waals surface area contributed by atoms with Crippen molar-refractivity contribution in [1.82, 2.24) is 20.2 Å². The van der Waals surface area contributed by atoms with Crippen LogP contribution in [0.5, 0.6) is 0 Å². The van der Waals surface area contributed by atoms with Crippen molar-refractivity contribution in [3.8, 4) is 11.3 Å². The van der Waals surface area contributed by atoms with Gasteiger partial charge in [-0.25, -0.2) is 9.97 Å². The molecule has 0 saturated heterocycles. The number of hydrogen-bond acceptors (Lipinski definition) is 6. The number of carbonyl (C=O) groups is 1. The molecule has 0 fully saturated rings. The quantitative estimate of drug-likeness (QED) is 0.304. The van der Waals surface area contributed by atoms with Gasteiger partial charge in [-0.05, 0) is 43.0 Å². The van der Waals surface area contributed by atoms with E-state index in [1.54, 1.807) is 0 Å². The number of carbonyl (C=O) groups excluding carboxylic acids is 1. The summed E-state index contributed by atoms with van der Waals surface area (Å²) in [4.78, 5) is 22.6. The van der Waals surface area contributed by atoms with Crippen LogP contribution >= 0.6 is 11.8 Å². The van der Waals surface area contributed by atoms with Crippen molar-refractivity contribution in [2.75, 3.05) is 10.6 Å². The minimum atomic E-state index is -0.449. The number of amides is 1. The zero-order valence-corrected chi connectivity index (χ0v) is 19.8. The summed E-state index contributed by atoms with van der Waals surface area (Å²) >= 11 is 1.46. The molecule has 0 atom stereocenters. The Balaban J connectivity index is 1.58. The number of aromatic amines is 1. The van der Waals surface area contributed by atoms with Gasteiger partial charge in [0.25, 0.3) is 0 Å². The summed E-state index contributed by atoms with van der Waals surface area (Å²) in [5, 5.41) is 14.0. The highest BCUT2D eigenvalue weighted by Crippen LogP contribution is 2.30. The van der Waals surface area contributed by atoms with E-state index in [2.05, 4.69) is 25.8 Å². The van der Waals surface area contributed by atoms with E-state index in [0.29, 0.717) is 16.8 Å². The van der Waals surface area contributed by atoms with Crippen molar-refractivity contribution in [2.45, 2.75) is 37.7 Å². The van der Waals surface area contributed by atoms with Crippen LogP contribution < -0.4 is 10.6 Å². The maximum atomic E-state index is 12.2. The highest BCUT2D eigenvalue weighted by Gasteiger charge is 2.21. The number of hydrogen-bond donors (Lipinski definition) is 3. The van der Waals surface area contributed by atoms with Crippen LogP contribution in [-0.4, -0.2) is 26.1 Å². The Morgan fingerprint density at radius 1 is 0.939 bits per heavy atom. The monoisotopic (exact) mass is 458 g/mol. The van der Waals surface area contributed by atoms with Crippen LogP contribution in [0.15, 0.2) is 76.8 Å². The second kappa shape index (κ2) is 9.46. The first-order valence-corrected chi connectivity index (χ1v) is 11.4. The molecule has 8 heteroatoms. The lowest BCUT2D eigenvalue weighted by Crippen LogP contribution is -2.27. The van der Waals surface area contributed by atoms with Crippen molar-refractivity contribution in [1.29, 1.82) is 0 Å². The maximum Gasteiger partial charge on any atom is 0.229 e. The molecule has 0 spiro atoms. The number of nitrogens with zero attached hydrogens (tertiary/aromatic N) is 3. The number of aryl methyl sites for hydroxylation is 1. The van der Waals surface area contributed by atoms with E-state index in [0.717, 1.165) is 27.5 Å². The van der Waals surface area contributed by atoms with Gasteiger partial charge < -0.3 is 10.6 Å². The molecule has 0 aliphatic carbocycles.